The fourth-order valence-corrected chi connectivity index (χ4v) is 10.8. The summed E-state index contributed by atoms with van der Waals surface area (Å²) in [4.78, 5) is 24.6. The molecule has 2 atom stereocenters. The van der Waals surface area contributed by atoms with Gasteiger partial charge in [0.05, 0.1) is 25.4 Å². The van der Waals surface area contributed by atoms with Crippen LogP contribution in [0.15, 0.2) is 24.3 Å². The second-order valence-electron chi connectivity index (χ2n) is 23.5. The summed E-state index contributed by atoms with van der Waals surface area (Å²) in [6.45, 7) is 4.95. The molecule has 0 saturated heterocycles. The molecular weight excluding hydrogens is 923 g/mol. The van der Waals surface area contributed by atoms with Gasteiger partial charge in [-0.3, -0.25) is 9.59 Å². The Morgan fingerprint density at radius 2 is 0.667 bits per heavy atom. The van der Waals surface area contributed by atoms with E-state index in [1.807, 2.05) is 0 Å². The van der Waals surface area contributed by atoms with Crippen LogP contribution in [-0.2, 0) is 14.3 Å². The molecule has 0 aliphatic carbocycles. The quantitative estimate of drug-likeness (QED) is 0.0320. The van der Waals surface area contributed by atoms with Gasteiger partial charge in [0.25, 0.3) is 0 Å². The fourth-order valence-electron chi connectivity index (χ4n) is 10.8. The summed E-state index contributed by atoms with van der Waals surface area (Å²) in [5, 5.41) is 23.2. The van der Waals surface area contributed by atoms with Gasteiger partial charge >= 0.3 is 5.97 Å². The van der Waals surface area contributed by atoms with Crippen LogP contribution in [0.3, 0.4) is 0 Å². The summed E-state index contributed by atoms with van der Waals surface area (Å²) in [5.74, 6) is -0.0182. The van der Waals surface area contributed by atoms with Gasteiger partial charge in [0.15, 0.2) is 0 Å². The van der Waals surface area contributed by atoms with Crippen molar-refractivity contribution in [3.63, 3.8) is 0 Å². The molecular formula is C69H133NO5. The highest BCUT2D eigenvalue weighted by molar-refractivity contribution is 5.76. The van der Waals surface area contributed by atoms with Crippen molar-refractivity contribution in [3.8, 4) is 0 Å². The van der Waals surface area contributed by atoms with Crippen LogP contribution in [0.2, 0.25) is 0 Å². The summed E-state index contributed by atoms with van der Waals surface area (Å²) in [5.41, 5.74) is 0. The van der Waals surface area contributed by atoms with Crippen molar-refractivity contribution in [2.45, 2.75) is 392 Å². The maximum absolute atomic E-state index is 12.5. The Morgan fingerprint density at radius 3 is 1.03 bits per heavy atom. The van der Waals surface area contributed by atoms with Gasteiger partial charge in [-0.25, -0.2) is 0 Å². The molecule has 2 unspecified atom stereocenters. The Kier molecular flexibility index (Phi) is 63.4. The van der Waals surface area contributed by atoms with Gasteiger partial charge in [0, 0.05) is 12.8 Å². The standard InChI is InChI=1S/C69H133NO5/c1-3-5-7-9-11-13-15-16-17-18-33-36-39-43-47-51-55-59-63-69(74)75-64-60-56-52-48-44-40-37-34-31-29-27-25-23-21-19-20-22-24-26-28-30-32-35-38-42-46-50-54-58-62-68(73)70-66(65-71)67(72)61-57-53-49-45-41-14-12-10-8-6-4-2/h13,15,17-18,66-67,71-72H,3-12,14,16,19-65H2,1-2H3,(H,70,73)/b15-13-,18-17-. The summed E-state index contributed by atoms with van der Waals surface area (Å²) < 4.78 is 5.50. The zero-order valence-corrected chi connectivity index (χ0v) is 50.8. The Morgan fingerprint density at radius 1 is 0.373 bits per heavy atom. The SMILES string of the molecule is CCCCCC/C=C\C/C=C\CCCCCCCCCC(=O)OCCCCCCCCCCCCCCCCCCCCCCCCCCCCCCCC(=O)NC(CO)C(O)CCCCCCCCCCCCC. The van der Waals surface area contributed by atoms with Crippen LogP contribution in [0.25, 0.3) is 0 Å². The van der Waals surface area contributed by atoms with Crippen molar-refractivity contribution in [3.05, 3.63) is 24.3 Å². The molecule has 0 aromatic rings. The molecule has 0 rings (SSSR count). The zero-order chi connectivity index (χ0) is 54.3. The van der Waals surface area contributed by atoms with Gasteiger partial charge in [0.1, 0.15) is 0 Å². The van der Waals surface area contributed by atoms with E-state index in [9.17, 15) is 19.8 Å². The summed E-state index contributed by atoms with van der Waals surface area (Å²) >= 11 is 0. The third-order valence-corrected chi connectivity index (χ3v) is 16.0. The van der Waals surface area contributed by atoms with E-state index in [-0.39, 0.29) is 18.5 Å². The van der Waals surface area contributed by atoms with Crippen molar-refractivity contribution >= 4 is 11.9 Å². The Bertz CT molecular complexity index is 1170. The second kappa shape index (κ2) is 64.9. The van der Waals surface area contributed by atoms with Gasteiger partial charge < -0.3 is 20.3 Å². The second-order valence-corrected chi connectivity index (χ2v) is 23.5. The van der Waals surface area contributed by atoms with E-state index in [0.29, 0.717) is 25.9 Å². The normalized spacial score (nSPS) is 12.6. The Labute approximate surface area is 469 Å². The van der Waals surface area contributed by atoms with Crippen molar-refractivity contribution in [2.24, 2.45) is 0 Å². The number of carbonyl (C=O) groups is 2. The number of unbranched alkanes of at least 4 members (excludes halogenated alkanes) is 49. The van der Waals surface area contributed by atoms with E-state index in [1.165, 1.54) is 295 Å². The smallest absolute Gasteiger partial charge is 0.305 e. The monoisotopic (exact) mass is 1060 g/mol. The first kappa shape index (κ1) is 73.3. The summed E-state index contributed by atoms with van der Waals surface area (Å²) in [6.07, 6.45) is 80.8. The number of nitrogens with one attached hydrogen (secondary N) is 1. The highest BCUT2D eigenvalue weighted by Gasteiger charge is 2.20. The molecule has 6 nitrogen and oxygen atoms in total. The molecule has 0 aromatic heterocycles. The largest absolute Gasteiger partial charge is 0.466 e. The molecule has 75 heavy (non-hydrogen) atoms. The van der Waals surface area contributed by atoms with Crippen LogP contribution >= 0.6 is 0 Å². The maximum atomic E-state index is 12.5. The first-order valence-electron chi connectivity index (χ1n) is 34.1. The van der Waals surface area contributed by atoms with Gasteiger partial charge in [-0.2, -0.15) is 0 Å². The predicted octanol–water partition coefficient (Wildman–Crippen LogP) is 21.8. The minimum Gasteiger partial charge on any atom is -0.466 e. The molecule has 0 aliphatic heterocycles. The number of amides is 1. The first-order chi connectivity index (χ1) is 37.0. The van der Waals surface area contributed by atoms with Crippen LogP contribution in [0.5, 0.6) is 0 Å². The number of ether oxygens (including phenoxy) is 1. The van der Waals surface area contributed by atoms with E-state index >= 15 is 0 Å². The number of esters is 1. The molecule has 0 radical (unpaired) electrons. The van der Waals surface area contributed by atoms with Gasteiger partial charge in [-0.05, 0) is 57.8 Å². The van der Waals surface area contributed by atoms with Crippen LogP contribution in [0, 0.1) is 0 Å². The molecule has 0 aliphatic rings. The topological polar surface area (TPSA) is 95.9 Å². The molecule has 0 heterocycles. The number of aliphatic hydroxyl groups is 2. The molecule has 1 amide bonds. The number of carbonyl (C=O) groups excluding carboxylic acids is 2. The lowest BCUT2D eigenvalue weighted by molar-refractivity contribution is -0.143. The van der Waals surface area contributed by atoms with Gasteiger partial charge in [-0.1, -0.05) is 334 Å². The average Bonchev–Trinajstić information content (AvgIpc) is 3.41. The van der Waals surface area contributed by atoms with E-state index in [0.717, 1.165) is 51.4 Å². The van der Waals surface area contributed by atoms with Crippen molar-refractivity contribution < 1.29 is 24.5 Å². The minimum absolute atomic E-state index is 0.0126. The lowest BCUT2D eigenvalue weighted by atomic mass is 10.0. The first-order valence-corrected chi connectivity index (χ1v) is 34.1. The van der Waals surface area contributed by atoms with Crippen LogP contribution < -0.4 is 5.32 Å². The average molecular weight is 1060 g/mol. The minimum atomic E-state index is -0.660. The summed E-state index contributed by atoms with van der Waals surface area (Å²) in [6, 6.07) is -0.537. The van der Waals surface area contributed by atoms with Crippen molar-refractivity contribution in [1.29, 1.82) is 0 Å². The number of rotatable bonds is 64. The van der Waals surface area contributed by atoms with E-state index in [1.54, 1.807) is 0 Å². The Hall–Kier alpha value is -1.66. The maximum Gasteiger partial charge on any atom is 0.305 e. The van der Waals surface area contributed by atoms with Crippen LogP contribution in [0.1, 0.15) is 380 Å². The molecule has 0 saturated carbocycles. The zero-order valence-electron chi connectivity index (χ0n) is 50.8. The number of hydrogen-bond donors (Lipinski definition) is 3. The molecule has 0 fully saturated rings. The van der Waals surface area contributed by atoms with E-state index < -0.39 is 12.1 Å². The molecule has 6 heteroatoms. The van der Waals surface area contributed by atoms with Crippen molar-refractivity contribution in [2.75, 3.05) is 13.2 Å². The van der Waals surface area contributed by atoms with Gasteiger partial charge in [0.2, 0.25) is 5.91 Å². The summed E-state index contributed by atoms with van der Waals surface area (Å²) in [7, 11) is 0. The predicted molar refractivity (Wildman–Crippen MR) is 329 cm³/mol. The molecule has 444 valence electrons. The lowest BCUT2D eigenvalue weighted by Crippen LogP contribution is -2.45. The highest BCUT2D eigenvalue weighted by atomic mass is 16.5. The molecule has 3 N–H and O–H groups in total. The Balaban J connectivity index is 3.31. The van der Waals surface area contributed by atoms with E-state index in [2.05, 4.69) is 43.5 Å². The lowest BCUT2D eigenvalue weighted by Gasteiger charge is -2.22. The molecule has 0 spiro atoms. The third kappa shape index (κ3) is 61.4. The highest BCUT2D eigenvalue weighted by Crippen LogP contribution is 2.19. The van der Waals surface area contributed by atoms with Crippen LogP contribution in [0.4, 0.5) is 0 Å². The van der Waals surface area contributed by atoms with Gasteiger partial charge in [-0.15, -0.1) is 0 Å². The molecule has 0 aromatic carbocycles. The third-order valence-electron chi connectivity index (χ3n) is 16.0. The fraction of sp³-hybridized carbons (Fsp3) is 0.913. The van der Waals surface area contributed by atoms with Crippen molar-refractivity contribution in [1.82, 2.24) is 5.32 Å². The number of allylic oxidation sites excluding steroid dienone is 4. The number of hydrogen-bond acceptors (Lipinski definition) is 5. The van der Waals surface area contributed by atoms with E-state index in [4.69, 9.17) is 4.74 Å². The number of aliphatic hydroxyl groups excluding tert-OH is 2. The van der Waals surface area contributed by atoms with Crippen LogP contribution in [-0.4, -0.2) is 47.4 Å². The molecule has 0 bridgehead atoms.